The van der Waals surface area contributed by atoms with E-state index < -0.39 is 34.4 Å². The van der Waals surface area contributed by atoms with Gasteiger partial charge in [-0.3, -0.25) is 9.52 Å². The van der Waals surface area contributed by atoms with Gasteiger partial charge in [-0.2, -0.15) is 13.8 Å². The normalized spacial score (nSPS) is 15.3. The maximum atomic E-state index is 14.4. The summed E-state index contributed by atoms with van der Waals surface area (Å²) < 4.78 is 48.7. The summed E-state index contributed by atoms with van der Waals surface area (Å²) in [5.74, 6) is -2.35. The summed E-state index contributed by atoms with van der Waals surface area (Å²) in [6.45, 7) is 2.76. The Labute approximate surface area is 179 Å². The van der Waals surface area contributed by atoms with E-state index in [0.717, 1.165) is 12.5 Å². The zero-order valence-corrected chi connectivity index (χ0v) is 17.4. The molecule has 8 nitrogen and oxygen atoms in total. The van der Waals surface area contributed by atoms with Crippen LogP contribution < -0.4 is 9.46 Å². The van der Waals surface area contributed by atoms with Crippen molar-refractivity contribution in [1.82, 2.24) is 24.5 Å². The number of ether oxygens (including phenoxy) is 1. The second-order valence-electron chi connectivity index (χ2n) is 7.51. The lowest BCUT2D eigenvalue weighted by Gasteiger charge is -2.08. The number of pyridine rings is 2. The van der Waals surface area contributed by atoms with Gasteiger partial charge >= 0.3 is 0 Å². The first-order valence-corrected chi connectivity index (χ1v) is 10.7. The van der Waals surface area contributed by atoms with Crippen molar-refractivity contribution >= 4 is 16.9 Å². The molecule has 0 saturated heterocycles. The number of hydrogen-bond donors (Lipinski definition) is 1. The predicted molar refractivity (Wildman–Crippen MR) is 107 cm³/mol. The first kappa shape index (κ1) is 21.0. The first-order valence-electron chi connectivity index (χ1n) is 9.54. The van der Waals surface area contributed by atoms with Gasteiger partial charge < -0.3 is 4.74 Å². The third kappa shape index (κ3) is 5.10. The van der Waals surface area contributed by atoms with Gasteiger partial charge in [0, 0.05) is 12.3 Å². The van der Waals surface area contributed by atoms with Gasteiger partial charge in [-0.1, -0.05) is 13.0 Å². The molecule has 0 aliphatic heterocycles. The van der Waals surface area contributed by atoms with Crippen LogP contribution in [-0.4, -0.2) is 36.5 Å². The van der Waals surface area contributed by atoms with E-state index in [9.17, 15) is 17.8 Å². The van der Waals surface area contributed by atoms with Crippen molar-refractivity contribution in [2.45, 2.75) is 31.2 Å². The highest BCUT2D eigenvalue weighted by molar-refractivity contribution is 7.83. The molecule has 3 aromatic heterocycles. The van der Waals surface area contributed by atoms with Crippen LogP contribution in [0.4, 0.5) is 8.78 Å². The summed E-state index contributed by atoms with van der Waals surface area (Å²) in [4.78, 5) is 19.4. The van der Waals surface area contributed by atoms with E-state index in [1.807, 2.05) is 0 Å². The summed E-state index contributed by atoms with van der Waals surface area (Å²) in [5.41, 5.74) is -0.0484. The summed E-state index contributed by atoms with van der Waals surface area (Å²) in [6.07, 6.45) is 4.93. The molecule has 162 valence electrons. The van der Waals surface area contributed by atoms with Crippen LogP contribution in [0.2, 0.25) is 0 Å². The third-order valence-electron chi connectivity index (χ3n) is 5.00. The Hall–Kier alpha value is -3.21. The number of carbonyl (C=O) groups excluding carboxylic acids is 1. The van der Waals surface area contributed by atoms with Crippen molar-refractivity contribution < 1.29 is 22.5 Å². The second kappa shape index (κ2) is 8.50. The lowest BCUT2D eigenvalue weighted by Crippen LogP contribution is -2.27. The monoisotopic (exact) mass is 447 g/mol. The van der Waals surface area contributed by atoms with Crippen molar-refractivity contribution in [3.8, 4) is 11.7 Å². The van der Waals surface area contributed by atoms with Crippen LogP contribution in [0.25, 0.3) is 5.82 Å². The van der Waals surface area contributed by atoms with E-state index in [4.69, 9.17) is 4.74 Å². The number of hydrogen-bond acceptors (Lipinski definition) is 6. The Bertz CT molecular complexity index is 1150. The number of halogens is 2. The fraction of sp³-hybridized carbons (Fsp3) is 0.300. The van der Waals surface area contributed by atoms with E-state index in [1.54, 1.807) is 12.3 Å². The van der Waals surface area contributed by atoms with Crippen molar-refractivity contribution in [3.63, 3.8) is 0 Å². The van der Waals surface area contributed by atoms with Gasteiger partial charge in [-0.05, 0) is 48.9 Å². The fourth-order valence-electron chi connectivity index (χ4n) is 2.78. The molecule has 1 atom stereocenters. The van der Waals surface area contributed by atoms with E-state index >= 15 is 0 Å². The minimum Gasteiger partial charge on any atom is -0.477 e. The molecule has 1 aliphatic carbocycles. The number of aromatic nitrogens is 4. The van der Waals surface area contributed by atoms with Crippen molar-refractivity contribution in [3.05, 3.63) is 60.1 Å². The molecule has 11 heteroatoms. The van der Waals surface area contributed by atoms with E-state index in [-0.39, 0.29) is 10.8 Å². The average Bonchev–Trinajstić information content (AvgIpc) is 3.28. The van der Waals surface area contributed by atoms with Crippen LogP contribution in [0.1, 0.15) is 36.5 Å². The molecule has 1 fully saturated rings. The molecule has 1 saturated carbocycles. The van der Waals surface area contributed by atoms with Gasteiger partial charge in [0.15, 0.2) is 21.8 Å². The highest BCUT2D eigenvalue weighted by Crippen LogP contribution is 2.47. The maximum absolute atomic E-state index is 14.4. The van der Waals surface area contributed by atoms with Gasteiger partial charge in [-0.25, -0.2) is 13.9 Å². The highest BCUT2D eigenvalue weighted by atomic mass is 32.2. The number of rotatable bonds is 8. The van der Waals surface area contributed by atoms with E-state index in [0.29, 0.717) is 17.9 Å². The predicted octanol–water partition coefficient (Wildman–Crippen LogP) is 2.96. The molecule has 1 N–H and O–H groups in total. The third-order valence-corrected chi connectivity index (χ3v) is 5.98. The zero-order chi connectivity index (χ0) is 22.0. The Morgan fingerprint density at radius 3 is 2.74 bits per heavy atom. The lowest BCUT2D eigenvalue weighted by molar-refractivity contribution is 0.0978. The highest BCUT2D eigenvalue weighted by Gasteiger charge is 2.36. The van der Waals surface area contributed by atoms with Gasteiger partial charge in [0.25, 0.3) is 5.91 Å². The zero-order valence-electron chi connectivity index (χ0n) is 16.5. The number of amides is 1. The van der Waals surface area contributed by atoms with Crippen LogP contribution in [0, 0.1) is 17.3 Å². The van der Waals surface area contributed by atoms with Crippen LogP contribution in [0.15, 0.2) is 47.6 Å². The Morgan fingerprint density at radius 2 is 2.03 bits per heavy atom. The molecule has 1 aliphatic rings. The maximum Gasteiger partial charge on any atom is 0.267 e. The largest absolute Gasteiger partial charge is 0.477 e. The molecule has 0 aromatic carbocycles. The standard InChI is InChI=1S/C20H19F2N5O3S/c1-20(8-9-20)10-12-30-16-7-11-27(25-16)15-6-5-13(18(22)24-15)19(28)26-31(29)17-4-2-3-14(21)23-17/h2-7,11H,8-10,12H2,1H3,(H,26,28). The fourth-order valence-corrected chi connectivity index (χ4v) is 3.54. The number of nitrogens with zero attached hydrogens (tertiary/aromatic N) is 4. The number of carbonyl (C=O) groups is 1. The molecular weight excluding hydrogens is 428 g/mol. The molecule has 0 radical (unpaired) electrons. The molecule has 31 heavy (non-hydrogen) atoms. The summed E-state index contributed by atoms with van der Waals surface area (Å²) in [5, 5.41) is 4.01. The minimum atomic E-state index is -2.16. The van der Waals surface area contributed by atoms with Crippen molar-refractivity contribution in [2.24, 2.45) is 5.41 Å². The van der Waals surface area contributed by atoms with Gasteiger partial charge in [0.1, 0.15) is 0 Å². The molecule has 3 heterocycles. The quantitative estimate of drug-likeness (QED) is 0.533. The van der Waals surface area contributed by atoms with E-state index in [1.165, 1.54) is 41.8 Å². The second-order valence-corrected chi connectivity index (χ2v) is 8.67. The molecule has 1 unspecified atom stereocenters. The first-order chi connectivity index (χ1) is 14.8. The van der Waals surface area contributed by atoms with Crippen LogP contribution in [0.3, 0.4) is 0 Å². The SMILES string of the molecule is CC1(CCOc2ccn(-c3ccc(C(=O)NS(=O)c4cccc(F)n4)c(F)n3)n2)CC1. The summed E-state index contributed by atoms with van der Waals surface area (Å²) in [7, 11) is -2.16. The molecular formula is C20H19F2N5O3S. The van der Waals surface area contributed by atoms with Crippen molar-refractivity contribution in [2.75, 3.05) is 6.61 Å². The smallest absolute Gasteiger partial charge is 0.267 e. The summed E-state index contributed by atoms with van der Waals surface area (Å²) >= 11 is 0. The van der Waals surface area contributed by atoms with Crippen LogP contribution in [-0.2, 0) is 11.0 Å². The van der Waals surface area contributed by atoms with Crippen LogP contribution in [0.5, 0.6) is 5.88 Å². The van der Waals surface area contributed by atoms with Crippen LogP contribution >= 0.6 is 0 Å². The lowest BCUT2D eigenvalue weighted by atomic mass is 10.1. The Balaban J connectivity index is 1.40. The Morgan fingerprint density at radius 1 is 1.23 bits per heavy atom. The Kier molecular flexibility index (Phi) is 5.77. The average molecular weight is 447 g/mol. The molecule has 1 amide bonds. The summed E-state index contributed by atoms with van der Waals surface area (Å²) in [6, 6.07) is 7.88. The minimum absolute atomic E-state index is 0.144. The van der Waals surface area contributed by atoms with Gasteiger partial charge in [0.05, 0.1) is 12.2 Å². The topological polar surface area (TPSA) is 99.0 Å². The molecule has 4 rings (SSSR count). The number of nitrogens with one attached hydrogen (secondary N) is 1. The van der Waals surface area contributed by atoms with E-state index in [2.05, 4.69) is 26.7 Å². The van der Waals surface area contributed by atoms with Gasteiger partial charge in [-0.15, -0.1) is 5.10 Å². The van der Waals surface area contributed by atoms with Crippen molar-refractivity contribution in [1.29, 1.82) is 0 Å². The molecule has 3 aromatic rings. The van der Waals surface area contributed by atoms with Gasteiger partial charge in [0.2, 0.25) is 17.8 Å². The molecule has 0 bridgehead atoms. The molecule has 0 spiro atoms.